The molecular weight excluding hydrogens is 156 g/mol. The van der Waals surface area contributed by atoms with Crippen molar-refractivity contribution >= 4 is 0 Å². The monoisotopic (exact) mass is 181 g/mol. The molecule has 0 amide bonds. The largest absolute Gasteiger partial charge is 0.504 e. The number of rotatable bonds is 6. The summed E-state index contributed by atoms with van der Waals surface area (Å²) in [6, 6.07) is 0. The van der Waals surface area contributed by atoms with Crippen LogP contribution in [0.2, 0.25) is 0 Å². The minimum atomic E-state index is 0.496. The molecule has 0 aromatic carbocycles. The Labute approximate surface area is 84.4 Å². The highest BCUT2D eigenvalue weighted by molar-refractivity contribution is 4.82. The van der Waals surface area contributed by atoms with Gasteiger partial charge < -0.3 is 6.08 Å². The highest BCUT2D eigenvalue weighted by atomic mass is 14.3. The Kier molecular flexibility index (Phi) is 5.36. The van der Waals surface area contributed by atoms with Gasteiger partial charge >= 0.3 is 0 Å². The fraction of sp³-hybridized carbons (Fsp3) is 0.846. The third kappa shape index (κ3) is 3.17. The minimum absolute atomic E-state index is 0.496. The van der Waals surface area contributed by atoms with Gasteiger partial charge in [0.2, 0.25) is 0 Å². The molecule has 0 rings (SSSR count). The molecule has 0 bridgehead atoms. The normalized spacial score (nSPS) is 16.7. The lowest BCUT2D eigenvalue weighted by Crippen LogP contribution is -2.28. The summed E-state index contributed by atoms with van der Waals surface area (Å²) in [6.45, 7) is 15.4. The molecule has 13 heavy (non-hydrogen) atoms. The Morgan fingerprint density at radius 1 is 1.23 bits per heavy atom. The van der Waals surface area contributed by atoms with Crippen LogP contribution in [0.3, 0.4) is 0 Å². The molecule has 0 aliphatic carbocycles. The highest BCUT2D eigenvalue weighted by Crippen LogP contribution is 2.39. The van der Waals surface area contributed by atoms with Gasteiger partial charge in [0.1, 0.15) is 0 Å². The van der Waals surface area contributed by atoms with E-state index in [1.165, 1.54) is 12.8 Å². The molecule has 0 saturated carbocycles. The maximum atomic E-state index is 3.69. The topological polar surface area (TPSA) is 0 Å². The van der Waals surface area contributed by atoms with E-state index in [0.717, 1.165) is 12.3 Å². The van der Waals surface area contributed by atoms with E-state index in [1.807, 2.05) is 0 Å². The maximum Gasteiger partial charge on any atom is -0.0304 e. The summed E-state index contributed by atoms with van der Waals surface area (Å²) in [5.41, 5.74) is 0.496. The summed E-state index contributed by atoms with van der Waals surface area (Å²) < 4.78 is 0. The van der Waals surface area contributed by atoms with Crippen molar-refractivity contribution in [1.82, 2.24) is 0 Å². The maximum absolute atomic E-state index is 3.69. The molecule has 0 N–H and O–H groups in total. The molecule has 0 nitrogen and oxygen atoms in total. The van der Waals surface area contributed by atoms with Crippen LogP contribution in [0.5, 0.6) is 0 Å². The van der Waals surface area contributed by atoms with Crippen molar-refractivity contribution in [1.29, 1.82) is 0 Å². The lowest BCUT2D eigenvalue weighted by atomic mass is 9.68. The van der Waals surface area contributed by atoms with Crippen molar-refractivity contribution in [2.45, 2.75) is 53.9 Å². The average molecular weight is 181 g/mol. The van der Waals surface area contributed by atoms with Gasteiger partial charge in [-0.2, -0.15) is 6.42 Å². The van der Waals surface area contributed by atoms with E-state index < -0.39 is 0 Å². The zero-order chi connectivity index (χ0) is 10.5. The van der Waals surface area contributed by atoms with Gasteiger partial charge in [0.05, 0.1) is 0 Å². The first-order valence-corrected chi connectivity index (χ1v) is 5.51. The third-order valence-corrected chi connectivity index (χ3v) is 4.03. The molecule has 78 valence electrons. The minimum Gasteiger partial charge on any atom is -0.504 e. The van der Waals surface area contributed by atoms with Gasteiger partial charge in [-0.3, -0.25) is 6.58 Å². The Balaban J connectivity index is 4.35. The number of hydrogen-bond acceptors (Lipinski definition) is 0. The fourth-order valence-electron chi connectivity index (χ4n) is 1.99. The molecule has 2 atom stereocenters. The summed E-state index contributed by atoms with van der Waals surface area (Å²) in [6.07, 6.45) is 6.58. The van der Waals surface area contributed by atoms with Gasteiger partial charge in [-0.25, -0.2) is 0 Å². The Morgan fingerprint density at radius 3 is 2.00 bits per heavy atom. The van der Waals surface area contributed by atoms with E-state index in [9.17, 15) is 0 Å². The predicted octanol–water partition coefficient (Wildman–Crippen LogP) is 4.46. The summed E-state index contributed by atoms with van der Waals surface area (Å²) in [7, 11) is 0. The second-order valence-corrected chi connectivity index (χ2v) is 4.58. The number of allylic oxidation sites excluding steroid dienone is 1. The molecule has 2 unspecified atom stereocenters. The van der Waals surface area contributed by atoms with Crippen LogP contribution < -0.4 is 0 Å². The summed E-state index contributed by atoms with van der Waals surface area (Å²) in [5, 5.41) is 0. The van der Waals surface area contributed by atoms with Crippen LogP contribution in [-0.2, 0) is 0 Å². The van der Waals surface area contributed by atoms with E-state index in [4.69, 9.17) is 0 Å². The van der Waals surface area contributed by atoms with Gasteiger partial charge in [0, 0.05) is 0 Å². The van der Waals surface area contributed by atoms with Crippen LogP contribution in [0.25, 0.3) is 0 Å². The third-order valence-electron chi connectivity index (χ3n) is 4.03. The second kappa shape index (κ2) is 5.47. The van der Waals surface area contributed by atoms with Gasteiger partial charge in [0.25, 0.3) is 0 Å². The van der Waals surface area contributed by atoms with Crippen LogP contribution >= 0.6 is 0 Å². The molecule has 0 aliphatic heterocycles. The van der Waals surface area contributed by atoms with E-state index >= 15 is 0 Å². The average Bonchev–Trinajstić information content (AvgIpc) is 2.16. The smallest absolute Gasteiger partial charge is 0.0304 e. The van der Waals surface area contributed by atoms with E-state index in [1.54, 1.807) is 0 Å². The van der Waals surface area contributed by atoms with E-state index in [0.29, 0.717) is 11.3 Å². The molecule has 0 fully saturated rings. The van der Waals surface area contributed by atoms with E-state index in [2.05, 4.69) is 47.3 Å². The zero-order valence-electron chi connectivity index (χ0n) is 9.98. The van der Waals surface area contributed by atoms with Gasteiger partial charge in [-0.15, -0.1) is 0 Å². The van der Waals surface area contributed by atoms with Crippen molar-refractivity contribution in [3.8, 4) is 0 Å². The van der Waals surface area contributed by atoms with Crippen LogP contribution in [0.1, 0.15) is 53.9 Å². The van der Waals surface area contributed by atoms with Gasteiger partial charge in [-0.05, 0) is 11.3 Å². The second-order valence-electron chi connectivity index (χ2n) is 4.58. The fourth-order valence-corrected chi connectivity index (χ4v) is 1.99. The summed E-state index contributed by atoms with van der Waals surface area (Å²) >= 11 is 0. The molecule has 0 heterocycles. The predicted molar refractivity (Wildman–Crippen MR) is 60.5 cm³/mol. The molecule has 0 aliphatic rings. The Bertz CT molecular complexity index is 142. The quantitative estimate of drug-likeness (QED) is 0.531. The molecule has 0 aromatic heterocycles. The molecule has 0 spiro atoms. The molecule has 0 saturated heterocycles. The SMILES string of the molecule is C=[C-]CC(C)C(C)C(C)(CC)CC. The van der Waals surface area contributed by atoms with E-state index in [-0.39, 0.29) is 0 Å². The highest BCUT2D eigenvalue weighted by Gasteiger charge is 2.29. The van der Waals surface area contributed by atoms with Crippen molar-refractivity contribution in [2.75, 3.05) is 0 Å². The summed E-state index contributed by atoms with van der Waals surface area (Å²) in [4.78, 5) is 0. The molecule has 0 heteroatoms. The first-order valence-electron chi connectivity index (χ1n) is 5.51. The van der Waals surface area contributed by atoms with Crippen molar-refractivity contribution in [3.63, 3.8) is 0 Å². The van der Waals surface area contributed by atoms with Crippen molar-refractivity contribution in [3.05, 3.63) is 12.7 Å². The van der Waals surface area contributed by atoms with Crippen molar-refractivity contribution in [2.24, 2.45) is 17.3 Å². The van der Waals surface area contributed by atoms with Gasteiger partial charge in [-0.1, -0.05) is 53.4 Å². The molecular formula is C13H25-. The van der Waals surface area contributed by atoms with Gasteiger partial charge in [0.15, 0.2) is 0 Å². The molecule has 0 aromatic rings. The zero-order valence-corrected chi connectivity index (χ0v) is 9.98. The van der Waals surface area contributed by atoms with Crippen molar-refractivity contribution < 1.29 is 0 Å². The first-order chi connectivity index (χ1) is 6.01. The van der Waals surface area contributed by atoms with Crippen LogP contribution in [-0.4, -0.2) is 0 Å². The standard InChI is InChI=1S/C13H25/c1-7-10-11(4)12(5)13(6,8-2)9-3/h11-12H,1,8-10H2,2-6H3/q-1. The number of hydrogen-bond donors (Lipinski definition) is 0. The Hall–Kier alpha value is -0.260. The molecule has 0 radical (unpaired) electrons. The lowest BCUT2D eigenvalue weighted by molar-refractivity contribution is 0.130. The van der Waals surface area contributed by atoms with Crippen LogP contribution in [0.15, 0.2) is 6.58 Å². The van der Waals surface area contributed by atoms with Crippen LogP contribution in [0, 0.1) is 23.3 Å². The Morgan fingerprint density at radius 2 is 1.69 bits per heavy atom. The van der Waals surface area contributed by atoms with Crippen LogP contribution in [0.4, 0.5) is 0 Å². The lowest BCUT2D eigenvalue weighted by Gasteiger charge is -2.39. The summed E-state index contributed by atoms with van der Waals surface area (Å²) in [5.74, 6) is 1.47. The first kappa shape index (κ1) is 12.7.